The van der Waals surface area contributed by atoms with E-state index in [0.717, 1.165) is 46.9 Å². The Morgan fingerprint density at radius 1 is 0.409 bits per heavy atom. The van der Waals surface area contributed by atoms with E-state index in [-0.39, 0.29) is 33.9 Å². The number of nitrogens with zero attached hydrogens (tertiary/aromatic N) is 3. The van der Waals surface area contributed by atoms with Crippen molar-refractivity contribution in [3.05, 3.63) is 204 Å². The van der Waals surface area contributed by atoms with Crippen LogP contribution in [0.5, 0.6) is 0 Å². The van der Waals surface area contributed by atoms with Crippen molar-refractivity contribution in [3.63, 3.8) is 0 Å². The van der Waals surface area contributed by atoms with E-state index in [1.165, 1.54) is 182 Å². The predicted molar refractivity (Wildman–Crippen MR) is 373 cm³/mol. The molecule has 0 radical (unpaired) electrons. The van der Waals surface area contributed by atoms with Gasteiger partial charge in [0.25, 0.3) is 0 Å². The summed E-state index contributed by atoms with van der Waals surface area (Å²) in [6, 6.07) is 71.0. The van der Waals surface area contributed by atoms with E-state index in [9.17, 15) is 0 Å². The Labute approximate surface area is 523 Å². The van der Waals surface area contributed by atoms with Crippen molar-refractivity contribution in [2.24, 2.45) is 35.5 Å². The molecule has 9 aromatic carbocycles. The van der Waals surface area contributed by atoms with Crippen molar-refractivity contribution in [1.29, 1.82) is 0 Å². The highest BCUT2D eigenvalue weighted by Gasteiger charge is 2.54. The number of aromatic nitrogens is 1. The minimum atomic E-state index is -0.119. The van der Waals surface area contributed by atoms with Gasteiger partial charge in [0.05, 0.1) is 11.4 Å². The summed E-state index contributed by atoms with van der Waals surface area (Å²) in [6.07, 6.45) is 16.9. The molecule has 1 aromatic heterocycles. The molecule has 0 spiro atoms. The zero-order chi connectivity index (χ0) is 59.5. The van der Waals surface area contributed by atoms with Gasteiger partial charge in [-0.25, -0.2) is 0 Å². The molecule has 440 valence electrons. The topological polar surface area (TPSA) is 11.4 Å². The van der Waals surface area contributed by atoms with Gasteiger partial charge in [-0.2, -0.15) is 0 Å². The molecule has 0 N–H and O–H groups in total. The Kier molecular flexibility index (Phi) is 11.4. The molecule has 10 aromatic rings. The Balaban J connectivity index is 0.952. The molecular weight excluding hydrogens is 1060 g/mol. The van der Waals surface area contributed by atoms with Gasteiger partial charge >= 0.3 is 6.85 Å². The van der Waals surface area contributed by atoms with Crippen molar-refractivity contribution in [2.75, 3.05) is 9.80 Å². The summed E-state index contributed by atoms with van der Waals surface area (Å²) in [5.74, 6) is 5.23. The van der Waals surface area contributed by atoms with Crippen LogP contribution in [-0.4, -0.2) is 11.3 Å². The fourth-order valence-corrected chi connectivity index (χ4v) is 20.9. The minimum Gasteiger partial charge on any atom is -0.375 e. The monoisotopic (exact) mass is 1150 g/mol. The Hall–Kier alpha value is -7.30. The summed E-state index contributed by atoms with van der Waals surface area (Å²) in [5, 5.41) is 5.59. The van der Waals surface area contributed by atoms with Gasteiger partial charge in [0.1, 0.15) is 0 Å². The van der Waals surface area contributed by atoms with Gasteiger partial charge < -0.3 is 14.3 Å². The van der Waals surface area contributed by atoms with E-state index < -0.39 is 0 Å². The number of anilines is 6. The highest BCUT2D eigenvalue weighted by atomic mass is 15.2. The molecule has 8 saturated carbocycles. The van der Waals surface area contributed by atoms with E-state index in [1.54, 1.807) is 11.1 Å². The minimum absolute atomic E-state index is 0.0279. The lowest BCUT2D eigenvalue weighted by Crippen LogP contribution is -2.57. The normalized spacial score (nSPS) is 25.5. The Bertz CT molecular complexity index is 4390. The second kappa shape index (κ2) is 18.7. The first-order valence-electron chi connectivity index (χ1n) is 34.2. The molecule has 3 nitrogen and oxygen atoms in total. The largest absolute Gasteiger partial charge is 0.375 e. The van der Waals surface area contributed by atoms with Crippen LogP contribution in [0, 0.1) is 35.5 Å². The zero-order valence-corrected chi connectivity index (χ0v) is 53.6. The molecule has 10 aliphatic rings. The maximum Gasteiger partial charge on any atom is 0.333 e. The molecule has 8 aliphatic carbocycles. The third-order valence-corrected chi connectivity index (χ3v) is 24.3. The number of hydrogen-bond acceptors (Lipinski definition) is 2. The molecule has 4 heteroatoms. The molecule has 0 atom stereocenters. The molecule has 8 fully saturated rings. The molecule has 0 unspecified atom stereocenters. The van der Waals surface area contributed by atoms with Gasteiger partial charge in [-0.3, -0.25) is 0 Å². The first-order valence-corrected chi connectivity index (χ1v) is 34.2. The first-order chi connectivity index (χ1) is 42.3. The van der Waals surface area contributed by atoms with E-state index in [1.807, 2.05) is 0 Å². The predicted octanol–water partition coefficient (Wildman–Crippen LogP) is 21.3. The second-order valence-electron chi connectivity index (χ2n) is 33.1. The maximum absolute atomic E-state index is 2.91. The maximum atomic E-state index is 2.91. The summed E-state index contributed by atoms with van der Waals surface area (Å²) >= 11 is 0. The smallest absolute Gasteiger partial charge is 0.333 e. The molecule has 0 saturated heterocycles. The van der Waals surface area contributed by atoms with Crippen LogP contribution in [0.1, 0.15) is 167 Å². The van der Waals surface area contributed by atoms with Crippen LogP contribution in [0.15, 0.2) is 176 Å². The van der Waals surface area contributed by atoms with Crippen LogP contribution in [0.2, 0.25) is 0 Å². The number of fused-ring (bicyclic) bond motifs is 9. The van der Waals surface area contributed by atoms with Crippen molar-refractivity contribution >= 4 is 84.5 Å². The third kappa shape index (κ3) is 8.07. The average molecular weight is 1150 g/mol. The van der Waals surface area contributed by atoms with Crippen molar-refractivity contribution in [1.82, 2.24) is 4.48 Å². The van der Waals surface area contributed by atoms with Crippen LogP contribution in [-0.2, 0) is 27.1 Å². The lowest BCUT2D eigenvalue weighted by molar-refractivity contribution is -0.00527. The van der Waals surface area contributed by atoms with Crippen LogP contribution in [0.4, 0.5) is 34.1 Å². The molecule has 20 rings (SSSR count). The highest BCUT2D eigenvalue weighted by Crippen LogP contribution is 2.64. The highest BCUT2D eigenvalue weighted by molar-refractivity contribution is 6.90. The van der Waals surface area contributed by atoms with Crippen LogP contribution >= 0.6 is 0 Å². The molecule has 8 bridgehead atoms. The number of benzene rings is 9. The van der Waals surface area contributed by atoms with Crippen LogP contribution in [0.3, 0.4) is 0 Å². The second-order valence-corrected chi connectivity index (χ2v) is 33.1. The summed E-state index contributed by atoms with van der Waals surface area (Å²) in [7, 11) is 0. The van der Waals surface area contributed by atoms with Gasteiger partial charge in [0.2, 0.25) is 0 Å². The summed E-state index contributed by atoms with van der Waals surface area (Å²) < 4.78 is 2.91. The molecular formula is C84H86BN3. The SMILES string of the molecule is CC(C)(C)c1ccc(N(c2ccc(C(C)(C)C)cc2)c2ccc3c(c2)B2c4c(cc5ccccc5c4N3c3ccc(C(C)(C)C)cc3-c3ccccc3)-c3cc(C45CC6CC(CC(C6)C4)C5)cc4c5cc(C67CC8CC(CC(C8)C6)C7)ccc5n2c34)cc1. The summed E-state index contributed by atoms with van der Waals surface area (Å²) in [6.45, 7) is 20.9. The van der Waals surface area contributed by atoms with Crippen molar-refractivity contribution in [3.8, 4) is 22.3 Å². The van der Waals surface area contributed by atoms with Crippen LogP contribution < -0.4 is 20.7 Å². The quantitative estimate of drug-likeness (QED) is 0.147. The number of hydrogen-bond donors (Lipinski definition) is 0. The summed E-state index contributed by atoms with van der Waals surface area (Å²) in [5.41, 5.74) is 26.0. The molecule has 0 amide bonds. The Morgan fingerprint density at radius 3 is 1.50 bits per heavy atom. The fourth-order valence-electron chi connectivity index (χ4n) is 20.9. The molecule has 3 heterocycles. The van der Waals surface area contributed by atoms with Gasteiger partial charge in [-0.05, 0) is 280 Å². The van der Waals surface area contributed by atoms with Crippen molar-refractivity contribution in [2.45, 2.75) is 166 Å². The number of rotatable bonds is 7. The summed E-state index contributed by atoms with van der Waals surface area (Å²) in [4.78, 5) is 5.29. The van der Waals surface area contributed by atoms with Crippen LogP contribution in [0.25, 0.3) is 54.8 Å². The fraction of sp³-hybridized carbons (Fsp3) is 0.381. The molecule has 88 heavy (non-hydrogen) atoms. The van der Waals surface area contributed by atoms with Gasteiger partial charge in [0.15, 0.2) is 0 Å². The van der Waals surface area contributed by atoms with Gasteiger partial charge in [-0.15, -0.1) is 0 Å². The molecule has 2 aliphatic heterocycles. The third-order valence-electron chi connectivity index (χ3n) is 24.3. The van der Waals surface area contributed by atoms with E-state index in [0.29, 0.717) is 0 Å². The van der Waals surface area contributed by atoms with Gasteiger partial charge in [0, 0.05) is 61.1 Å². The van der Waals surface area contributed by atoms with Gasteiger partial charge in [-0.1, -0.05) is 153 Å². The van der Waals surface area contributed by atoms with Crippen molar-refractivity contribution < 1.29 is 0 Å². The van der Waals surface area contributed by atoms with E-state index in [2.05, 4.69) is 253 Å². The van der Waals surface area contributed by atoms with E-state index >= 15 is 0 Å². The standard InChI is InChI=1S/C84H86BN3/c1-80(2,3)59-19-25-64(26-20-59)86(65-27-21-60(22-28-65)81(4,5)6)66-29-32-76-73(44-66)85-77-70(39-58-17-13-14-18-67(58)79(77)87(76)74-30-23-61(82(7,8)9)40-68(74)57-15-11-10-12-16-57)72-43-63(84-48-54-36-55(49-84)38-56(37-54)50-84)42-71-69-41-62(24-31-75(69)88(85)78(71)72)83-45-51-33-52(46-83)35-53(34-51)47-83/h10-32,39-44,51-56H,33-38,45-50H2,1-9H3. The lowest BCUT2D eigenvalue weighted by Gasteiger charge is -2.57. The Morgan fingerprint density at radius 2 is 0.920 bits per heavy atom. The van der Waals surface area contributed by atoms with E-state index in [4.69, 9.17) is 0 Å². The first kappa shape index (κ1) is 53.7. The average Bonchev–Trinajstić information content (AvgIpc) is 1.32. The zero-order valence-electron chi connectivity index (χ0n) is 53.6. The lowest BCUT2D eigenvalue weighted by atomic mass is 9.44.